The molecular formula is C13H16BrN7. The van der Waals surface area contributed by atoms with Crippen molar-refractivity contribution in [2.45, 2.75) is 33.4 Å². The summed E-state index contributed by atoms with van der Waals surface area (Å²) in [6.45, 7) is 5.62. The number of nitrogen functional groups attached to an aromatic ring is 1. The van der Waals surface area contributed by atoms with Gasteiger partial charge in [-0.15, -0.1) is 0 Å². The highest BCUT2D eigenvalue weighted by Gasteiger charge is 2.16. The molecule has 0 saturated carbocycles. The van der Waals surface area contributed by atoms with Crippen molar-refractivity contribution < 1.29 is 0 Å². The Morgan fingerprint density at radius 1 is 1.24 bits per heavy atom. The van der Waals surface area contributed by atoms with Gasteiger partial charge in [0.25, 0.3) is 0 Å². The molecular weight excluding hydrogens is 334 g/mol. The van der Waals surface area contributed by atoms with Gasteiger partial charge < -0.3 is 10.3 Å². The fourth-order valence-electron chi connectivity index (χ4n) is 2.34. The summed E-state index contributed by atoms with van der Waals surface area (Å²) in [5, 5.41) is 4.60. The number of rotatable bonds is 4. The van der Waals surface area contributed by atoms with Crippen LogP contribution < -0.4 is 5.73 Å². The molecule has 0 aliphatic heterocycles. The second-order valence-electron chi connectivity index (χ2n) is 4.68. The molecule has 0 radical (unpaired) electrons. The van der Waals surface area contributed by atoms with Crippen LogP contribution in [0.2, 0.25) is 0 Å². The largest absolute Gasteiger partial charge is 0.382 e. The Labute approximate surface area is 130 Å². The highest BCUT2D eigenvalue weighted by Crippen LogP contribution is 2.24. The summed E-state index contributed by atoms with van der Waals surface area (Å²) in [7, 11) is 0. The monoisotopic (exact) mass is 349 g/mol. The first-order valence-electron chi connectivity index (χ1n) is 6.81. The molecule has 2 N–H and O–H groups in total. The third-order valence-electron chi connectivity index (χ3n) is 3.44. The van der Waals surface area contributed by atoms with Crippen molar-refractivity contribution in [1.29, 1.82) is 0 Å². The van der Waals surface area contributed by atoms with Crippen molar-refractivity contribution in [1.82, 2.24) is 29.3 Å². The van der Waals surface area contributed by atoms with Crippen LogP contribution in [-0.4, -0.2) is 29.3 Å². The first kappa shape index (κ1) is 14.0. The van der Waals surface area contributed by atoms with Crippen LogP contribution in [0.25, 0.3) is 11.2 Å². The molecule has 8 heteroatoms. The Morgan fingerprint density at radius 3 is 2.76 bits per heavy atom. The number of nitrogens with zero attached hydrogens (tertiary/aromatic N) is 6. The van der Waals surface area contributed by atoms with Crippen LogP contribution in [-0.2, 0) is 19.5 Å². The maximum Gasteiger partial charge on any atom is 0.165 e. The minimum absolute atomic E-state index is 0.399. The summed E-state index contributed by atoms with van der Waals surface area (Å²) in [6.07, 6.45) is 4.08. The number of aromatic nitrogens is 6. The van der Waals surface area contributed by atoms with Crippen molar-refractivity contribution in [3.05, 3.63) is 28.5 Å². The van der Waals surface area contributed by atoms with Crippen molar-refractivity contribution in [3.8, 4) is 0 Å². The predicted molar refractivity (Wildman–Crippen MR) is 83.8 cm³/mol. The van der Waals surface area contributed by atoms with Gasteiger partial charge >= 0.3 is 0 Å². The van der Waals surface area contributed by atoms with Crippen LogP contribution in [0.1, 0.15) is 25.2 Å². The zero-order valence-electron chi connectivity index (χ0n) is 11.9. The quantitative estimate of drug-likeness (QED) is 0.778. The molecule has 0 amide bonds. The van der Waals surface area contributed by atoms with Gasteiger partial charge in [0.1, 0.15) is 11.8 Å². The lowest BCUT2D eigenvalue weighted by Gasteiger charge is -2.07. The number of imidazole rings is 1. The minimum atomic E-state index is 0.399. The third-order valence-corrected chi connectivity index (χ3v) is 4.36. The number of aryl methyl sites for hydroxylation is 2. The summed E-state index contributed by atoms with van der Waals surface area (Å²) < 4.78 is 5.01. The molecule has 3 aromatic heterocycles. The third kappa shape index (κ3) is 2.29. The SMILES string of the molecule is CCc1nn(CC)c(Cn2cnc3c(N)ncnc32)c1Br. The fraction of sp³-hybridized carbons (Fsp3) is 0.385. The van der Waals surface area contributed by atoms with Crippen LogP contribution >= 0.6 is 15.9 Å². The Morgan fingerprint density at radius 2 is 2.05 bits per heavy atom. The van der Waals surface area contributed by atoms with Crippen LogP contribution in [0.4, 0.5) is 5.82 Å². The van der Waals surface area contributed by atoms with E-state index in [1.807, 2.05) is 9.25 Å². The summed E-state index contributed by atoms with van der Waals surface area (Å²) in [6, 6.07) is 0. The zero-order chi connectivity index (χ0) is 15.0. The number of halogens is 1. The van der Waals surface area contributed by atoms with E-state index in [-0.39, 0.29) is 0 Å². The van der Waals surface area contributed by atoms with E-state index < -0.39 is 0 Å². The summed E-state index contributed by atoms with van der Waals surface area (Å²) >= 11 is 3.65. The summed E-state index contributed by atoms with van der Waals surface area (Å²) in [5.74, 6) is 0.399. The van der Waals surface area contributed by atoms with Gasteiger partial charge in [-0.05, 0) is 29.3 Å². The highest BCUT2D eigenvalue weighted by molar-refractivity contribution is 9.10. The number of nitrogens with two attached hydrogens (primary N) is 1. The second-order valence-corrected chi connectivity index (χ2v) is 5.47. The smallest absolute Gasteiger partial charge is 0.165 e. The average molecular weight is 350 g/mol. The van der Waals surface area contributed by atoms with Gasteiger partial charge in [-0.1, -0.05) is 6.92 Å². The van der Waals surface area contributed by atoms with E-state index in [0.29, 0.717) is 17.9 Å². The molecule has 0 aliphatic carbocycles. The van der Waals surface area contributed by atoms with Crippen LogP contribution in [0, 0.1) is 0 Å². The Bertz CT molecular complexity index is 789. The molecule has 3 heterocycles. The maximum atomic E-state index is 5.82. The van der Waals surface area contributed by atoms with E-state index in [2.05, 4.69) is 49.8 Å². The molecule has 0 spiro atoms. The van der Waals surface area contributed by atoms with Crippen LogP contribution in [0.15, 0.2) is 17.1 Å². The van der Waals surface area contributed by atoms with Crippen LogP contribution in [0.5, 0.6) is 0 Å². The lowest BCUT2D eigenvalue weighted by Crippen LogP contribution is -2.08. The molecule has 0 saturated heterocycles. The van der Waals surface area contributed by atoms with Gasteiger partial charge in [0.15, 0.2) is 11.5 Å². The van der Waals surface area contributed by atoms with Gasteiger partial charge in [-0.3, -0.25) is 4.68 Å². The van der Waals surface area contributed by atoms with Crippen molar-refractivity contribution in [3.63, 3.8) is 0 Å². The number of hydrogen-bond donors (Lipinski definition) is 1. The molecule has 0 bridgehead atoms. The van der Waals surface area contributed by atoms with Gasteiger partial charge in [0.2, 0.25) is 0 Å². The lowest BCUT2D eigenvalue weighted by molar-refractivity contribution is 0.596. The summed E-state index contributed by atoms with van der Waals surface area (Å²) in [5.41, 5.74) is 9.35. The van der Waals surface area contributed by atoms with E-state index in [4.69, 9.17) is 5.73 Å². The Hall–Kier alpha value is -1.96. The molecule has 0 aliphatic rings. The highest BCUT2D eigenvalue weighted by atomic mass is 79.9. The Balaban J connectivity index is 2.07. The van der Waals surface area contributed by atoms with Gasteiger partial charge in [-0.25, -0.2) is 15.0 Å². The van der Waals surface area contributed by atoms with Crippen molar-refractivity contribution in [2.24, 2.45) is 0 Å². The van der Waals surface area contributed by atoms with Gasteiger partial charge in [-0.2, -0.15) is 5.10 Å². The molecule has 7 nitrogen and oxygen atoms in total. The summed E-state index contributed by atoms with van der Waals surface area (Å²) in [4.78, 5) is 12.5. The maximum absolute atomic E-state index is 5.82. The first-order valence-corrected chi connectivity index (χ1v) is 7.60. The molecule has 3 aromatic rings. The molecule has 21 heavy (non-hydrogen) atoms. The van der Waals surface area contributed by atoms with Crippen molar-refractivity contribution >= 4 is 32.9 Å². The van der Waals surface area contributed by atoms with E-state index in [0.717, 1.165) is 34.5 Å². The predicted octanol–water partition coefficient (Wildman–Crippen LogP) is 2.00. The normalized spacial score (nSPS) is 11.4. The van der Waals surface area contributed by atoms with E-state index in [1.54, 1.807) is 6.33 Å². The number of hydrogen-bond acceptors (Lipinski definition) is 5. The lowest BCUT2D eigenvalue weighted by atomic mass is 10.3. The molecule has 0 atom stereocenters. The first-order chi connectivity index (χ1) is 10.2. The minimum Gasteiger partial charge on any atom is -0.382 e. The topological polar surface area (TPSA) is 87.4 Å². The number of fused-ring (bicyclic) bond motifs is 1. The van der Waals surface area contributed by atoms with E-state index in [9.17, 15) is 0 Å². The van der Waals surface area contributed by atoms with E-state index >= 15 is 0 Å². The molecule has 0 aromatic carbocycles. The molecule has 0 fully saturated rings. The van der Waals surface area contributed by atoms with Crippen LogP contribution in [0.3, 0.4) is 0 Å². The second kappa shape index (κ2) is 5.44. The number of anilines is 1. The molecule has 3 rings (SSSR count). The molecule has 110 valence electrons. The Kier molecular flexibility index (Phi) is 3.62. The van der Waals surface area contributed by atoms with Gasteiger partial charge in [0.05, 0.1) is 28.7 Å². The van der Waals surface area contributed by atoms with Gasteiger partial charge in [0, 0.05) is 6.54 Å². The average Bonchev–Trinajstić information content (AvgIpc) is 3.03. The molecule has 0 unspecified atom stereocenters. The van der Waals surface area contributed by atoms with Crippen molar-refractivity contribution in [2.75, 3.05) is 5.73 Å². The van der Waals surface area contributed by atoms with E-state index in [1.165, 1.54) is 6.33 Å². The standard InChI is InChI=1S/C13H16BrN7/c1-3-8-10(14)9(21(4-2)19-8)5-20-7-18-11-12(15)16-6-17-13(11)20/h6-7H,3-5H2,1-2H3,(H2,15,16,17). The fourth-order valence-corrected chi connectivity index (χ4v) is 3.03. The zero-order valence-corrected chi connectivity index (χ0v) is 13.5.